The molecule has 0 radical (unpaired) electrons. The molecule has 1 aromatic heterocycles. The standard InChI is InChI=1S/C13H21N3O/c1-4-14-5-2-12(1)13-7-15-16(9-13)8-11-3-6-17-10-11/h7,9,11-12,14H,1-6,8,10H2/t11-/m0/s1. The third kappa shape index (κ3) is 2.69. The minimum absolute atomic E-state index is 0.663. The molecule has 0 aliphatic carbocycles. The lowest BCUT2D eigenvalue weighted by Crippen LogP contribution is -2.26. The van der Waals surface area contributed by atoms with Crippen molar-refractivity contribution < 1.29 is 4.74 Å². The average Bonchev–Trinajstić information content (AvgIpc) is 3.02. The molecule has 4 nitrogen and oxygen atoms in total. The summed E-state index contributed by atoms with van der Waals surface area (Å²) in [5, 5.41) is 7.90. The van der Waals surface area contributed by atoms with Gasteiger partial charge in [0, 0.05) is 25.3 Å². The molecule has 0 aromatic carbocycles. The van der Waals surface area contributed by atoms with Crippen LogP contribution in [0.25, 0.3) is 0 Å². The Kier molecular flexibility index (Phi) is 3.43. The third-order valence-electron chi connectivity index (χ3n) is 3.93. The van der Waals surface area contributed by atoms with Crippen LogP contribution in [-0.4, -0.2) is 36.1 Å². The zero-order chi connectivity index (χ0) is 11.5. The first kappa shape index (κ1) is 11.2. The molecule has 2 aliphatic rings. The monoisotopic (exact) mass is 235 g/mol. The summed E-state index contributed by atoms with van der Waals surface area (Å²) >= 11 is 0. The highest BCUT2D eigenvalue weighted by molar-refractivity contribution is 5.12. The van der Waals surface area contributed by atoms with Crippen molar-refractivity contribution in [3.05, 3.63) is 18.0 Å². The third-order valence-corrected chi connectivity index (χ3v) is 3.93. The molecular weight excluding hydrogens is 214 g/mol. The zero-order valence-electron chi connectivity index (χ0n) is 10.3. The molecule has 3 rings (SSSR count). The lowest BCUT2D eigenvalue weighted by Gasteiger charge is -2.21. The predicted octanol–water partition coefficient (Wildman–Crippen LogP) is 1.39. The van der Waals surface area contributed by atoms with E-state index in [9.17, 15) is 0 Å². The molecule has 0 bridgehead atoms. The number of rotatable bonds is 3. The van der Waals surface area contributed by atoms with Crippen molar-refractivity contribution in [1.82, 2.24) is 15.1 Å². The van der Waals surface area contributed by atoms with Crippen molar-refractivity contribution >= 4 is 0 Å². The van der Waals surface area contributed by atoms with Gasteiger partial charge in [0.25, 0.3) is 0 Å². The topological polar surface area (TPSA) is 39.1 Å². The van der Waals surface area contributed by atoms with Crippen LogP contribution in [0.4, 0.5) is 0 Å². The van der Waals surface area contributed by atoms with E-state index in [1.807, 2.05) is 0 Å². The van der Waals surface area contributed by atoms with E-state index in [1.165, 1.54) is 24.8 Å². The Morgan fingerprint density at radius 1 is 1.35 bits per heavy atom. The summed E-state index contributed by atoms with van der Waals surface area (Å²) in [6.07, 6.45) is 7.99. The first-order valence-corrected chi connectivity index (χ1v) is 6.72. The normalized spacial score (nSPS) is 26.5. The van der Waals surface area contributed by atoms with Gasteiger partial charge in [-0.3, -0.25) is 4.68 Å². The Bertz CT molecular complexity index is 351. The van der Waals surface area contributed by atoms with Gasteiger partial charge in [-0.25, -0.2) is 0 Å². The molecule has 17 heavy (non-hydrogen) atoms. The summed E-state index contributed by atoms with van der Waals surface area (Å²) in [7, 11) is 0. The van der Waals surface area contributed by atoms with Crippen LogP contribution in [0.3, 0.4) is 0 Å². The summed E-state index contributed by atoms with van der Waals surface area (Å²) < 4.78 is 7.51. The molecule has 4 heteroatoms. The van der Waals surface area contributed by atoms with E-state index in [0.717, 1.165) is 32.8 Å². The van der Waals surface area contributed by atoms with Crippen LogP contribution >= 0.6 is 0 Å². The first-order chi connectivity index (χ1) is 8.42. The van der Waals surface area contributed by atoms with Gasteiger partial charge in [0.15, 0.2) is 0 Å². The molecule has 0 amide bonds. The molecule has 1 aromatic rings. The fourth-order valence-corrected chi connectivity index (χ4v) is 2.84. The van der Waals surface area contributed by atoms with Crippen molar-refractivity contribution in [3.63, 3.8) is 0 Å². The van der Waals surface area contributed by atoms with Crippen LogP contribution < -0.4 is 5.32 Å². The quantitative estimate of drug-likeness (QED) is 0.860. The molecule has 94 valence electrons. The van der Waals surface area contributed by atoms with Gasteiger partial charge < -0.3 is 10.1 Å². The second kappa shape index (κ2) is 5.19. The maximum atomic E-state index is 5.40. The minimum atomic E-state index is 0.663. The van der Waals surface area contributed by atoms with Gasteiger partial charge in [-0.2, -0.15) is 5.10 Å². The predicted molar refractivity (Wildman–Crippen MR) is 66.0 cm³/mol. The molecule has 1 N–H and O–H groups in total. The average molecular weight is 235 g/mol. The smallest absolute Gasteiger partial charge is 0.0524 e. The molecule has 0 saturated carbocycles. The molecule has 2 saturated heterocycles. The summed E-state index contributed by atoms with van der Waals surface area (Å²) in [6.45, 7) is 5.14. The first-order valence-electron chi connectivity index (χ1n) is 6.72. The van der Waals surface area contributed by atoms with E-state index in [2.05, 4.69) is 27.5 Å². The van der Waals surface area contributed by atoms with Crippen molar-refractivity contribution in [2.75, 3.05) is 26.3 Å². The van der Waals surface area contributed by atoms with Crippen LogP contribution in [0.15, 0.2) is 12.4 Å². The van der Waals surface area contributed by atoms with E-state index in [-0.39, 0.29) is 0 Å². The Morgan fingerprint density at radius 3 is 3.00 bits per heavy atom. The lowest BCUT2D eigenvalue weighted by molar-refractivity contribution is 0.181. The van der Waals surface area contributed by atoms with Crippen molar-refractivity contribution in [2.24, 2.45) is 5.92 Å². The minimum Gasteiger partial charge on any atom is -0.381 e. The number of hydrogen-bond acceptors (Lipinski definition) is 3. The van der Waals surface area contributed by atoms with Gasteiger partial charge in [0.2, 0.25) is 0 Å². The summed E-state index contributed by atoms with van der Waals surface area (Å²) in [6, 6.07) is 0. The summed E-state index contributed by atoms with van der Waals surface area (Å²) in [5.74, 6) is 1.38. The van der Waals surface area contributed by atoms with E-state index < -0.39 is 0 Å². The summed E-state index contributed by atoms with van der Waals surface area (Å²) in [4.78, 5) is 0. The SMILES string of the molecule is c1nn(C[C@@H]2CCOC2)cc1C1CCNCC1. The fraction of sp³-hybridized carbons (Fsp3) is 0.769. The maximum Gasteiger partial charge on any atom is 0.0524 e. The van der Waals surface area contributed by atoms with E-state index >= 15 is 0 Å². The highest BCUT2D eigenvalue weighted by atomic mass is 16.5. The van der Waals surface area contributed by atoms with Gasteiger partial charge in [0.1, 0.15) is 0 Å². The molecule has 0 unspecified atom stereocenters. The Hall–Kier alpha value is -0.870. The summed E-state index contributed by atoms with van der Waals surface area (Å²) in [5.41, 5.74) is 1.42. The second-order valence-corrected chi connectivity index (χ2v) is 5.25. The number of nitrogens with zero attached hydrogens (tertiary/aromatic N) is 2. The lowest BCUT2D eigenvalue weighted by atomic mass is 9.93. The van der Waals surface area contributed by atoms with Gasteiger partial charge in [-0.1, -0.05) is 0 Å². The zero-order valence-corrected chi connectivity index (χ0v) is 10.3. The maximum absolute atomic E-state index is 5.40. The molecular formula is C13H21N3O. The fourth-order valence-electron chi connectivity index (χ4n) is 2.84. The molecule has 1 atom stereocenters. The number of nitrogens with one attached hydrogen (secondary N) is 1. The van der Waals surface area contributed by atoms with Crippen LogP contribution in [-0.2, 0) is 11.3 Å². The number of piperidine rings is 1. The number of hydrogen-bond donors (Lipinski definition) is 1. The van der Waals surface area contributed by atoms with Crippen molar-refractivity contribution in [3.8, 4) is 0 Å². The van der Waals surface area contributed by atoms with Crippen LogP contribution in [0.1, 0.15) is 30.7 Å². The van der Waals surface area contributed by atoms with Crippen LogP contribution in [0, 0.1) is 5.92 Å². The largest absolute Gasteiger partial charge is 0.381 e. The highest BCUT2D eigenvalue weighted by Crippen LogP contribution is 2.25. The van der Waals surface area contributed by atoms with Crippen LogP contribution in [0.2, 0.25) is 0 Å². The van der Waals surface area contributed by atoms with Crippen LogP contribution in [0.5, 0.6) is 0 Å². The molecule has 2 aliphatic heterocycles. The Morgan fingerprint density at radius 2 is 2.24 bits per heavy atom. The van der Waals surface area contributed by atoms with Gasteiger partial charge in [-0.05, 0) is 43.8 Å². The second-order valence-electron chi connectivity index (χ2n) is 5.25. The van der Waals surface area contributed by atoms with Gasteiger partial charge in [-0.15, -0.1) is 0 Å². The molecule has 2 fully saturated rings. The van der Waals surface area contributed by atoms with Crippen molar-refractivity contribution in [2.45, 2.75) is 31.7 Å². The van der Waals surface area contributed by atoms with Gasteiger partial charge in [0.05, 0.1) is 12.8 Å². The van der Waals surface area contributed by atoms with E-state index in [4.69, 9.17) is 4.74 Å². The highest BCUT2D eigenvalue weighted by Gasteiger charge is 2.19. The Labute approximate surface area is 102 Å². The van der Waals surface area contributed by atoms with Gasteiger partial charge >= 0.3 is 0 Å². The Balaban J connectivity index is 1.60. The number of aromatic nitrogens is 2. The molecule has 0 spiro atoms. The van der Waals surface area contributed by atoms with Crippen molar-refractivity contribution in [1.29, 1.82) is 0 Å². The number of ether oxygens (including phenoxy) is 1. The molecule has 3 heterocycles. The van der Waals surface area contributed by atoms with E-state index in [0.29, 0.717) is 11.8 Å². The van der Waals surface area contributed by atoms with E-state index in [1.54, 1.807) is 0 Å².